The predicted octanol–water partition coefficient (Wildman–Crippen LogP) is 3.20. The van der Waals surface area contributed by atoms with Crippen LogP contribution in [0, 0.1) is 0 Å². The van der Waals surface area contributed by atoms with Gasteiger partial charge in [0.2, 0.25) is 5.96 Å². The summed E-state index contributed by atoms with van der Waals surface area (Å²) in [5, 5.41) is 3.11. The van der Waals surface area contributed by atoms with Gasteiger partial charge in [0.15, 0.2) is 0 Å². The topological polar surface area (TPSA) is 61.8 Å². The number of benzene rings is 2. The van der Waals surface area contributed by atoms with Crippen molar-refractivity contribution in [3.8, 4) is 0 Å². The highest BCUT2D eigenvalue weighted by molar-refractivity contribution is 7.90. The van der Waals surface area contributed by atoms with Crippen LogP contribution in [0.15, 0.2) is 64.5 Å². The third-order valence-corrected chi connectivity index (χ3v) is 5.35. The second kappa shape index (κ2) is 5.46. The highest BCUT2D eigenvalue weighted by Gasteiger charge is 2.35. The molecule has 1 N–H and O–H groups in total. The number of para-hydroxylation sites is 2. The molecule has 5 nitrogen and oxygen atoms in total. The van der Waals surface area contributed by atoms with E-state index in [4.69, 9.17) is 0 Å². The highest BCUT2D eigenvalue weighted by atomic mass is 32.2. The summed E-state index contributed by atoms with van der Waals surface area (Å²) in [7, 11) is -3.61. The molecule has 0 spiro atoms. The Kier molecular flexibility index (Phi) is 3.62. The van der Waals surface area contributed by atoms with Crippen LogP contribution in [0.3, 0.4) is 0 Å². The number of nitrogens with one attached hydrogen (secondary N) is 1. The Hall–Kier alpha value is -2.34. The van der Waals surface area contributed by atoms with Gasteiger partial charge < -0.3 is 5.32 Å². The number of fused-ring (bicyclic) bond motifs is 1. The largest absolute Gasteiger partial charge is 0.325 e. The van der Waals surface area contributed by atoms with E-state index in [9.17, 15) is 8.42 Å². The zero-order valence-electron chi connectivity index (χ0n) is 12.4. The Bertz CT molecular complexity index is 814. The number of hydrogen-bond donors (Lipinski definition) is 1. The molecule has 0 radical (unpaired) electrons. The zero-order valence-corrected chi connectivity index (χ0v) is 13.2. The molecule has 0 amide bonds. The maximum atomic E-state index is 12.9. The van der Waals surface area contributed by atoms with Gasteiger partial charge in [-0.2, -0.15) is 0 Å². The summed E-state index contributed by atoms with van der Waals surface area (Å²) >= 11 is 0. The predicted molar refractivity (Wildman–Crippen MR) is 87.8 cm³/mol. The molecule has 0 bridgehead atoms. The van der Waals surface area contributed by atoms with Gasteiger partial charge in [-0.1, -0.05) is 30.3 Å². The van der Waals surface area contributed by atoms with Crippen LogP contribution in [0.1, 0.15) is 13.8 Å². The molecule has 0 fully saturated rings. The molecule has 1 heterocycles. The number of hydrogen-bond acceptors (Lipinski definition) is 4. The molecule has 0 aromatic heterocycles. The van der Waals surface area contributed by atoms with Gasteiger partial charge in [-0.3, -0.25) is 0 Å². The van der Waals surface area contributed by atoms with Gasteiger partial charge >= 0.3 is 0 Å². The highest BCUT2D eigenvalue weighted by Crippen LogP contribution is 2.33. The number of nitrogens with zero attached hydrogens (tertiary/aromatic N) is 2. The second-order valence-corrected chi connectivity index (χ2v) is 7.07. The number of rotatable bonds is 2. The number of anilines is 1. The molecule has 1 aliphatic rings. The van der Waals surface area contributed by atoms with E-state index in [1.54, 1.807) is 24.3 Å². The van der Waals surface area contributed by atoms with Crippen molar-refractivity contribution in [1.82, 2.24) is 4.31 Å². The first-order valence-corrected chi connectivity index (χ1v) is 8.48. The molecule has 0 saturated heterocycles. The third-order valence-electron chi connectivity index (χ3n) is 3.34. The molecular weight excluding hydrogens is 298 g/mol. The summed E-state index contributed by atoms with van der Waals surface area (Å²) in [5.41, 5.74) is 1.25. The number of aliphatic imine (C=N–C) groups is 1. The quantitative estimate of drug-likeness (QED) is 0.925. The molecule has 0 atom stereocenters. The lowest BCUT2D eigenvalue weighted by Gasteiger charge is -2.32. The van der Waals surface area contributed by atoms with Crippen molar-refractivity contribution in [2.45, 2.75) is 24.8 Å². The number of guanidine groups is 1. The van der Waals surface area contributed by atoms with E-state index >= 15 is 0 Å². The van der Waals surface area contributed by atoms with Crippen molar-refractivity contribution >= 4 is 27.4 Å². The summed E-state index contributed by atoms with van der Waals surface area (Å²) in [6.07, 6.45) is 0. The van der Waals surface area contributed by atoms with Gasteiger partial charge in [0, 0.05) is 11.7 Å². The van der Waals surface area contributed by atoms with Gasteiger partial charge in [0.05, 0.1) is 5.69 Å². The summed E-state index contributed by atoms with van der Waals surface area (Å²) in [6, 6.07) is 15.9. The van der Waals surface area contributed by atoms with Crippen molar-refractivity contribution < 1.29 is 8.42 Å². The Morgan fingerprint density at radius 2 is 1.64 bits per heavy atom. The van der Waals surface area contributed by atoms with Crippen molar-refractivity contribution in [3.05, 3.63) is 54.6 Å². The minimum absolute atomic E-state index is 0.238. The lowest BCUT2D eigenvalue weighted by molar-refractivity contribution is 0.467. The van der Waals surface area contributed by atoms with Crippen molar-refractivity contribution in [2.24, 2.45) is 4.99 Å². The Morgan fingerprint density at radius 1 is 1.00 bits per heavy atom. The molecule has 114 valence electrons. The average molecular weight is 315 g/mol. The summed E-state index contributed by atoms with van der Waals surface area (Å²) in [5.74, 6) is 0.319. The first-order chi connectivity index (χ1) is 10.5. The lowest BCUT2D eigenvalue weighted by Crippen LogP contribution is -2.46. The van der Waals surface area contributed by atoms with Crippen LogP contribution in [0.2, 0.25) is 0 Å². The minimum Gasteiger partial charge on any atom is -0.325 e. The monoisotopic (exact) mass is 315 g/mol. The summed E-state index contributed by atoms with van der Waals surface area (Å²) in [4.78, 5) is 4.73. The SMILES string of the molecule is CC(C)N1C(Nc2ccccc2)=Nc2ccccc2S1(=O)=O. The molecule has 6 heteroatoms. The van der Waals surface area contributed by atoms with Crippen LogP contribution >= 0.6 is 0 Å². The molecule has 2 aromatic rings. The molecule has 0 aliphatic carbocycles. The average Bonchev–Trinajstić information content (AvgIpc) is 2.47. The third kappa shape index (κ3) is 2.46. The smallest absolute Gasteiger partial charge is 0.269 e. The van der Waals surface area contributed by atoms with Gasteiger partial charge in [-0.05, 0) is 38.1 Å². The summed E-state index contributed by atoms with van der Waals surface area (Å²) in [6.45, 7) is 3.65. The van der Waals surface area contributed by atoms with Crippen molar-refractivity contribution in [1.29, 1.82) is 0 Å². The summed E-state index contributed by atoms with van der Waals surface area (Å²) < 4.78 is 27.0. The fourth-order valence-corrected chi connectivity index (χ4v) is 4.12. The van der Waals surface area contributed by atoms with Crippen LogP contribution < -0.4 is 5.32 Å². The molecular formula is C16H17N3O2S. The van der Waals surface area contributed by atoms with E-state index in [-0.39, 0.29) is 10.9 Å². The molecule has 1 aliphatic heterocycles. The first-order valence-electron chi connectivity index (χ1n) is 7.04. The normalized spacial score (nSPS) is 16.1. The Morgan fingerprint density at radius 3 is 2.32 bits per heavy atom. The van der Waals surface area contributed by atoms with Gasteiger partial charge in [-0.25, -0.2) is 17.7 Å². The van der Waals surface area contributed by atoms with E-state index in [1.807, 2.05) is 44.2 Å². The van der Waals surface area contributed by atoms with Gasteiger partial charge in [0.1, 0.15) is 4.90 Å². The van der Waals surface area contributed by atoms with Crippen LogP contribution in [0.5, 0.6) is 0 Å². The fraction of sp³-hybridized carbons (Fsp3) is 0.188. The standard InChI is InChI=1S/C16H17N3O2S/c1-12(2)19-16(17-13-8-4-3-5-9-13)18-14-10-6-7-11-15(14)22(19,20)21/h3-12H,1-2H3,(H,17,18). The minimum atomic E-state index is -3.61. The van der Waals surface area contributed by atoms with E-state index in [0.29, 0.717) is 11.6 Å². The molecule has 0 unspecified atom stereocenters. The van der Waals surface area contributed by atoms with E-state index in [0.717, 1.165) is 5.69 Å². The van der Waals surface area contributed by atoms with Crippen molar-refractivity contribution in [3.63, 3.8) is 0 Å². The maximum absolute atomic E-state index is 12.9. The Balaban J connectivity index is 2.12. The molecule has 2 aromatic carbocycles. The van der Waals surface area contributed by atoms with E-state index < -0.39 is 10.0 Å². The lowest BCUT2D eigenvalue weighted by atomic mass is 10.3. The van der Waals surface area contributed by atoms with Crippen LogP contribution in [0.25, 0.3) is 0 Å². The fourth-order valence-electron chi connectivity index (χ4n) is 2.41. The molecule has 22 heavy (non-hydrogen) atoms. The molecule has 3 rings (SSSR count). The van der Waals surface area contributed by atoms with E-state index in [1.165, 1.54) is 4.31 Å². The Labute approximate surface area is 130 Å². The maximum Gasteiger partial charge on any atom is 0.269 e. The van der Waals surface area contributed by atoms with Gasteiger partial charge in [-0.15, -0.1) is 0 Å². The number of sulfonamides is 1. The zero-order chi connectivity index (χ0) is 15.7. The first kappa shape index (κ1) is 14.6. The van der Waals surface area contributed by atoms with E-state index in [2.05, 4.69) is 10.3 Å². The second-order valence-electron chi connectivity index (χ2n) is 5.29. The molecule has 0 saturated carbocycles. The van der Waals surface area contributed by atoms with Crippen LogP contribution in [-0.2, 0) is 10.0 Å². The van der Waals surface area contributed by atoms with Crippen LogP contribution in [-0.4, -0.2) is 24.7 Å². The van der Waals surface area contributed by atoms with Crippen molar-refractivity contribution in [2.75, 3.05) is 5.32 Å². The van der Waals surface area contributed by atoms with Gasteiger partial charge in [0.25, 0.3) is 10.0 Å². The van der Waals surface area contributed by atoms with Crippen LogP contribution in [0.4, 0.5) is 11.4 Å².